The molecule has 28 heavy (non-hydrogen) atoms. The highest BCUT2D eigenvalue weighted by Crippen LogP contribution is 2.36. The quantitative estimate of drug-likeness (QED) is 0.574. The van der Waals surface area contributed by atoms with Crippen molar-refractivity contribution in [3.8, 4) is 11.8 Å². The maximum atomic E-state index is 13.2. The maximum Gasteiger partial charge on any atom is 0.421 e. The van der Waals surface area contributed by atoms with Crippen LogP contribution in [0.3, 0.4) is 0 Å². The van der Waals surface area contributed by atoms with Crippen molar-refractivity contribution in [2.24, 2.45) is 5.16 Å². The summed E-state index contributed by atoms with van der Waals surface area (Å²) in [5, 5.41) is 6.12. The Labute approximate surface area is 159 Å². The van der Waals surface area contributed by atoms with Crippen molar-refractivity contribution in [2.45, 2.75) is 12.8 Å². The molecule has 7 nitrogen and oxygen atoms in total. The second-order valence-corrected chi connectivity index (χ2v) is 5.35. The van der Waals surface area contributed by atoms with E-state index in [2.05, 4.69) is 15.5 Å². The van der Waals surface area contributed by atoms with E-state index in [4.69, 9.17) is 14.3 Å². The van der Waals surface area contributed by atoms with E-state index in [0.29, 0.717) is 11.1 Å². The van der Waals surface area contributed by atoms with Gasteiger partial charge in [0.25, 0.3) is 5.91 Å². The van der Waals surface area contributed by atoms with Crippen molar-refractivity contribution in [2.75, 3.05) is 21.3 Å². The number of alkyl halides is 3. The average molecular weight is 397 g/mol. The smallest absolute Gasteiger partial charge is 0.421 e. The van der Waals surface area contributed by atoms with Gasteiger partial charge in [-0.15, -0.1) is 0 Å². The van der Waals surface area contributed by atoms with Crippen molar-refractivity contribution in [3.05, 3.63) is 53.1 Å². The first-order valence-electron chi connectivity index (χ1n) is 7.98. The van der Waals surface area contributed by atoms with Crippen LogP contribution in [0, 0.1) is 0 Å². The SMILES string of the molecule is CNC(=O)C(=NOC)c1ccccc1COc1nc(OC)ccc1C(F)(F)F. The molecule has 1 aromatic carbocycles. The Morgan fingerprint density at radius 2 is 1.89 bits per heavy atom. The number of halogens is 3. The average Bonchev–Trinajstić information content (AvgIpc) is 2.69. The summed E-state index contributed by atoms with van der Waals surface area (Å²) in [6.07, 6.45) is -4.65. The molecule has 2 rings (SSSR count). The van der Waals surface area contributed by atoms with Crippen LogP contribution in [0.15, 0.2) is 41.6 Å². The molecule has 0 saturated carbocycles. The number of pyridine rings is 1. The van der Waals surface area contributed by atoms with Crippen molar-refractivity contribution in [3.63, 3.8) is 0 Å². The number of hydrogen-bond donors (Lipinski definition) is 1. The van der Waals surface area contributed by atoms with E-state index < -0.39 is 23.5 Å². The zero-order valence-electron chi connectivity index (χ0n) is 15.3. The van der Waals surface area contributed by atoms with Crippen LogP contribution in [0.2, 0.25) is 0 Å². The van der Waals surface area contributed by atoms with E-state index in [1.54, 1.807) is 24.3 Å². The topological polar surface area (TPSA) is 82.0 Å². The standard InChI is InChI=1S/C18H18F3N3O4/c1-22-16(25)15(24-27-3)12-7-5-4-6-11(12)10-28-17-13(18(19,20)21)8-9-14(23-17)26-2/h4-9H,10H2,1-3H3,(H,22,25). The van der Waals surface area contributed by atoms with Crippen molar-refractivity contribution in [1.82, 2.24) is 10.3 Å². The van der Waals surface area contributed by atoms with Gasteiger partial charge in [-0.05, 0) is 11.6 Å². The molecule has 0 fully saturated rings. The van der Waals surface area contributed by atoms with E-state index in [1.165, 1.54) is 21.3 Å². The third kappa shape index (κ3) is 4.90. The predicted molar refractivity (Wildman–Crippen MR) is 94.2 cm³/mol. The third-order valence-corrected chi connectivity index (χ3v) is 3.61. The monoisotopic (exact) mass is 397 g/mol. The minimum atomic E-state index is -4.65. The van der Waals surface area contributed by atoms with Crippen molar-refractivity contribution < 1.29 is 32.3 Å². The summed E-state index contributed by atoms with van der Waals surface area (Å²) in [5.41, 5.74) is -0.318. The molecule has 1 amide bonds. The van der Waals surface area contributed by atoms with Crippen LogP contribution < -0.4 is 14.8 Å². The Morgan fingerprint density at radius 3 is 2.50 bits per heavy atom. The van der Waals surface area contributed by atoms with Gasteiger partial charge >= 0.3 is 6.18 Å². The van der Waals surface area contributed by atoms with Gasteiger partial charge in [0.15, 0.2) is 5.71 Å². The maximum absolute atomic E-state index is 13.2. The zero-order valence-corrected chi connectivity index (χ0v) is 15.3. The van der Waals surface area contributed by atoms with Gasteiger partial charge in [-0.2, -0.15) is 18.2 Å². The first kappa shape index (κ1) is 21.0. The fourth-order valence-corrected chi connectivity index (χ4v) is 2.31. The van der Waals surface area contributed by atoms with E-state index >= 15 is 0 Å². The van der Waals surface area contributed by atoms with E-state index in [1.807, 2.05) is 0 Å². The molecule has 150 valence electrons. The van der Waals surface area contributed by atoms with E-state index in [0.717, 1.165) is 12.1 Å². The number of aromatic nitrogens is 1. The fraction of sp³-hybridized carbons (Fsp3) is 0.278. The van der Waals surface area contributed by atoms with Crippen LogP contribution in [-0.4, -0.2) is 37.9 Å². The Balaban J connectivity index is 2.39. The van der Waals surface area contributed by atoms with Gasteiger partial charge in [0.05, 0.1) is 7.11 Å². The number of benzene rings is 1. The number of nitrogens with zero attached hydrogens (tertiary/aromatic N) is 2. The van der Waals surface area contributed by atoms with Crippen LogP contribution in [0.5, 0.6) is 11.8 Å². The Hall–Kier alpha value is -3.30. The van der Waals surface area contributed by atoms with Gasteiger partial charge in [0.1, 0.15) is 19.3 Å². The summed E-state index contributed by atoms with van der Waals surface area (Å²) >= 11 is 0. The minimum absolute atomic E-state index is 0.0247. The lowest BCUT2D eigenvalue weighted by molar-refractivity contribution is -0.139. The number of hydrogen-bond acceptors (Lipinski definition) is 6. The Morgan fingerprint density at radius 1 is 1.18 bits per heavy atom. The largest absolute Gasteiger partial charge is 0.481 e. The summed E-state index contributed by atoms with van der Waals surface area (Å²) in [6.45, 7) is -0.293. The number of rotatable bonds is 7. The molecule has 10 heteroatoms. The summed E-state index contributed by atoms with van der Waals surface area (Å²) in [5.74, 6) is -1.18. The summed E-state index contributed by atoms with van der Waals surface area (Å²) in [4.78, 5) is 20.5. The molecule has 0 saturated heterocycles. The molecule has 0 atom stereocenters. The van der Waals surface area contributed by atoms with Gasteiger partial charge in [-0.25, -0.2) is 0 Å². The summed E-state index contributed by atoms with van der Waals surface area (Å²) < 4.78 is 49.9. The van der Waals surface area contributed by atoms with Crippen LogP contribution in [-0.2, 0) is 22.4 Å². The Kier molecular flexibility index (Phi) is 6.80. The molecule has 1 heterocycles. The molecular formula is C18H18F3N3O4. The summed E-state index contributed by atoms with van der Waals surface area (Å²) in [6, 6.07) is 8.40. The molecule has 0 aliphatic rings. The number of carbonyl (C=O) groups is 1. The fourth-order valence-electron chi connectivity index (χ4n) is 2.31. The lowest BCUT2D eigenvalue weighted by Gasteiger charge is -2.15. The van der Waals surface area contributed by atoms with Crippen LogP contribution in [0.4, 0.5) is 13.2 Å². The zero-order chi connectivity index (χ0) is 20.7. The molecule has 0 radical (unpaired) electrons. The number of likely N-dealkylation sites (N-methyl/N-ethyl adjacent to an activating group) is 1. The van der Waals surface area contributed by atoms with Crippen LogP contribution in [0.25, 0.3) is 0 Å². The number of methoxy groups -OCH3 is 1. The minimum Gasteiger partial charge on any atom is -0.481 e. The van der Waals surface area contributed by atoms with Crippen LogP contribution in [0.1, 0.15) is 16.7 Å². The second-order valence-electron chi connectivity index (χ2n) is 5.35. The van der Waals surface area contributed by atoms with Gasteiger partial charge in [-0.1, -0.05) is 29.4 Å². The molecule has 0 aliphatic carbocycles. The summed E-state index contributed by atoms with van der Waals surface area (Å²) in [7, 11) is 3.98. The highest BCUT2D eigenvalue weighted by Gasteiger charge is 2.35. The molecular weight excluding hydrogens is 379 g/mol. The lowest BCUT2D eigenvalue weighted by atomic mass is 10.0. The Bertz CT molecular complexity index is 869. The first-order valence-corrected chi connectivity index (χ1v) is 7.98. The van der Waals surface area contributed by atoms with Crippen molar-refractivity contribution >= 4 is 11.6 Å². The highest BCUT2D eigenvalue weighted by molar-refractivity contribution is 6.45. The van der Waals surface area contributed by atoms with Crippen LogP contribution >= 0.6 is 0 Å². The predicted octanol–water partition coefficient (Wildman–Crippen LogP) is 2.78. The van der Waals surface area contributed by atoms with Crippen molar-refractivity contribution in [1.29, 1.82) is 0 Å². The molecule has 1 N–H and O–H groups in total. The van der Waals surface area contributed by atoms with Gasteiger partial charge < -0.3 is 19.6 Å². The lowest BCUT2D eigenvalue weighted by Crippen LogP contribution is -2.29. The molecule has 1 aromatic heterocycles. The number of nitrogens with one attached hydrogen (secondary N) is 1. The molecule has 0 spiro atoms. The molecule has 0 aliphatic heterocycles. The number of ether oxygens (including phenoxy) is 2. The third-order valence-electron chi connectivity index (χ3n) is 3.61. The van der Waals surface area contributed by atoms with E-state index in [-0.39, 0.29) is 18.2 Å². The number of carbonyl (C=O) groups excluding carboxylic acids is 1. The van der Waals surface area contributed by atoms with Gasteiger partial charge in [-0.3, -0.25) is 4.79 Å². The van der Waals surface area contributed by atoms with E-state index in [9.17, 15) is 18.0 Å². The van der Waals surface area contributed by atoms with Gasteiger partial charge in [0, 0.05) is 18.7 Å². The van der Waals surface area contributed by atoms with Gasteiger partial charge in [0.2, 0.25) is 11.8 Å². The molecule has 2 aromatic rings. The number of oxime groups is 1. The second kappa shape index (κ2) is 9.07. The molecule has 0 bridgehead atoms. The normalized spacial score (nSPS) is 11.7. The highest BCUT2D eigenvalue weighted by atomic mass is 19.4. The number of amides is 1. The molecule has 0 unspecified atom stereocenters. The first-order chi connectivity index (χ1) is 13.3.